The second-order valence-electron chi connectivity index (χ2n) is 5.92. The van der Waals surface area contributed by atoms with Crippen molar-refractivity contribution in [1.82, 2.24) is 14.6 Å². The van der Waals surface area contributed by atoms with Crippen molar-refractivity contribution < 1.29 is 19.0 Å². The summed E-state index contributed by atoms with van der Waals surface area (Å²) in [5.41, 5.74) is 1.59. The lowest BCUT2D eigenvalue weighted by molar-refractivity contribution is -0.113. The van der Waals surface area contributed by atoms with Crippen LogP contribution >= 0.6 is 23.1 Å². The highest BCUT2D eigenvalue weighted by molar-refractivity contribution is 7.99. The van der Waals surface area contributed by atoms with Gasteiger partial charge in [-0.25, -0.2) is 0 Å². The minimum atomic E-state index is -0.180. The summed E-state index contributed by atoms with van der Waals surface area (Å²) < 4.78 is 19.0. The minimum Gasteiger partial charge on any atom is -0.493 e. The van der Waals surface area contributed by atoms with Crippen LogP contribution in [0.2, 0.25) is 0 Å². The standard InChI is InChI=1S/C19H18N4O4S2/c1-25-13-8-11(9-14(26-2)17(13)27-3)20-16(24)10-28-18-21-22-19-23(18)12-6-4-5-7-15(12)29-19/h4-9H,10H2,1-3H3,(H,20,24). The molecule has 0 spiro atoms. The molecule has 0 bridgehead atoms. The molecule has 0 aliphatic carbocycles. The second-order valence-corrected chi connectivity index (χ2v) is 7.87. The first-order chi connectivity index (χ1) is 14.1. The molecular formula is C19H18N4O4S2. The molecule has 0 radical (unpaired) electrons. The van der Waals surface area contributed by atoms with Crippen molar-refractivity contribution >= 4 is 49.9 Å². The number of carbonyl (C=O) groups excluding carboxylic acids is 1. The Morgan fingerprint density at radius 3 is 2.52 bits per heavy atom. The fourth-order valence-electron chi connectivity index (χ4n) is 2.93. The number of methoxy groups -OCH3 is 3. The summed E-state index contributed by atoms with van der Waals surface area (Å²) in [6.07, 6.45) is 0. The van der Waals surface area contributed by atoms with Gasteiger partial charge in [-0.15, -0.1) is 10.2 Å². The highest BCUT2D eigenvalue weighted by atomic mass is 32.2. The van der Waals surface area contributed by atoms with Crippen molar-refractivity contribution in [3.63, 3.8) is 0 Å². The Balaban J connectivity index is 1.50. The predicted molar refractivity (Wildman–Crippen MR) is 114 cm³/mol. The molecule has 150 valence electrons. The first kappa shape index (κ1) is 19.3. The van der Waals surface area contributed by atoms with Gasteiger partial charge in [-0.2, -0.15) is 0 Å². The average molecular weight is 431 g/mol. The van der Waals surface area contributed by atoms with Crippen LogP contribution in [0.5, 0.6) is 17.2 Å². The van der Waals surface area contributed by atoms with E-state index >= 15 is 0 Å². The molecule has 1 N–H and O–H groups in total. The van der Waals surface area contributed by atoms with E-state index in [-0.39, 0.29) is 11.7 Å². The van der Waals surface area contributed by atoms with E-state index in [2.05, 4.69) is 15.5 Å². The Morgan fingerprint density at radius 1 is 1.10 bits per heavy atom. The van der Waals surface area contributed by atoms with Crippen molar-refractivity contribution in [1.29, 1.82) is 0 Å². The van der Waals surface area contributed by atoms with Gasteiger partial charge in [-0.1, -0.05) is 35.2 Å². The van der Waals surface area contributed by atoms with Crippen LogP contribution in [0.15, 0.2) is 41.6 Å². The molecule has 8 nitrogen and oxygen atoms in total. The van der Waals surface area contributed by atoms with Crippen LogP contribution < -0.4 is 19.5 Å². The summed E-state index contributed by atoms with van der Waals surface area (Å²) >= 11 is 2.89. The molecule has 0 fully saturated rings. The van der Waals surface area contributed by atoms with Crippen LogP contribution in [-0.2, 0) is 4.79 Å². The summed E-state index contributed by atoms with van der Waals surface area (Å²) in [7, 11) is 4.59. The van der Waals surface area contributed by atoms with E-state index in [9.17, 15) is 4.79 Å². The number of amides is 1. The lowest BCUT2D eigenvalue weighted by Gasteiger charge is -2.14. The van der Waals surface area contributed by atoms with Gasteiger partial charge in [-0.3, -0.25) is 9.20 Å². The smallest absolute Gasteiger partial charge is 0.234 e. The van der Waals surface area contributed by atoms with Crippen LogP contribution in [0.1, 0.15) is 0 Å². The Labute approximate surface area is 174 Å². The molecule has 10 heteroatoms. The predicted octanol–water partition coefficient (Wildman–Crippen LogP) is 3.70. The van der Waals surface area contributed by atoms with Gasteiger partial charge in [0.2, 0.25) is 16.6 Å². The van der Waals surface area contributed by atoms with Crippen LogP contribution in [0.3, 0.4) is 0 Å². The molecule has 1 amide bonds. The minimum absolute atomic E-state index is 0.180. The lowest BCUT2D eigenvalue weighted by Crippen LogP contribution is -2.14. The van der Waals surface area contributed by atoms with Crippen molar-refractivity contribution in [2.45, 2.75) is 5.16 Å². The van der Waals surface area contributed by atoms with Crippen LogP contribution in [0.4, 0.5) is 5.69 Å². The summed E-state index contributed by atoms with van der Waals surface area (Å²) in [6, 6.07) is 11.4. The molecule has 2 aromatic carbocycles. The molecule has 0 unspecified atom stereocenters. The van der Waals surface area contributed by atoms with Crippen molar-refractivity contribution in [3.8, 4) is 17.2 Å². The van der Waals surface area contributed by atoms with Crippen LogP contribution in [-0.4, -0.2) is 47.6 Å². The molecule has 0 saturated heterocycles. The monoisotopic (exact) mass is 430 g/mol. The molecule has 4 rings (SSSR count). The van der Waals surface area contributed by atoms with E-state index in [1.165, 1.54) is 33.1 Å². The number of carbonyl (C=O) groups is 1. The van der Waals surface area contributed by atoms with Gasteiger partial charge in [0.25, 0.3) is 0 Å². The maximum atomic E-state index is 12.5. The van der Waals surface area contributed by atoms with E-state index < -0.39 is 0 Å². The number of hydrogen-bond acceptors (Lipinski definition) is 8. The van der Waals surface area contributed by atoms with Gasteiger partial charge in [0, 0.05) is 17.8 Å². The van der Waals surface area contributed by atoms with Crippen molar-refractivity contribution in [3.05, 3.63) is 36.4 Å². The number of fused-ring (bicyclic) bond motifs is 3. The number of nitrogens with zero attached hydrogens (tertiary/aromatic N) is 3. The Kier molecular flexibility index (Phi) is 5.45. The Bertz CT molecular complexity index is 1160. The molecule has 29 heavy (non-hydrogen) atoms. The maximum absolute atomic E-state index is 12.5. The Morgan fingerprint density at radius 2 is 1.83 bits per heavy atom. The normalized spacial score (nSPS) is 11.0. The molecule has 0 saturated carbocycles. The number of ether oxygens (including phenoxy) is 3. The zero-order valence-electron chi connectivity index (χ0n) is 16.0. The molecule has 0 aliphatic rings. The number of thioether (sulfide) groups is 1. The number of benzene rings is 2. The molecule has 2 aromatic heterocycles. The third-order valence-electron chi connectivity index (χ3n) is 4.19. The van der Waals surface area contributed by atoms with Gasteiger partial charge in [0.05, 0.1) is 37.3 Å². The van der Waals surface area contributed by atoms with Gasteiger partial charge in [-0.05, 0) is 12.1 Å². The van der Waals surface area contributed by atoms with Gasteiger partial charge < -0.3 is 19.5 Å². The zero-order chi connectivity index (χ0) is 20.4. The summed E-state index contributed by atoms with van der Waals surface area (Å²) in [5.74, 6) is 1.41. The van der Waals surface area contributed by atoms with E-state index in [0.717, 1.165) is 15.2 Å². The van der Waals surface area contributed by atoms with Crippen molar-refractivity contribution in [2.24, 2.45) is 0 Å². The topological polar surface area (TPSA) is 87.0 Å². The van der Waals surface area contributed by atoms with Crippen molar-refractivity contribution in [2.75, 3.05) is 32.4 Å². The summed E-state index contributed by atoms with van der Waals surface area (Å²) in [5, 5.41) is 12.0. The fourth-order valence-corrected chi connectivity index (χ4v) is 4.70. The van der Waals surface area contributed by atoms with E-state index in [1.807, 2.05) is 28.7 Å². The molecule has 2 heterocycles. The number of thiazole rings is 1. The highest BCUT2D eigenvalue weighted by Gasteiger charge is 2.16. The van der Waals surface area contributed by atoms with Gasteiger partial charge in [0.1, 0.15) is 0 Å². The molecular weight excluding hydrogens is 412 g/mol. The first-order valence-electron chi connectivity index (χ1n) is 8.60. The van der Waals surface area contributed by atoms with Gasteiger partial charge in [0.15, 0.2) is 16.7 Å². The van der Waals surface area contributed by atoms with E-state index in [4.69, 9.17) is 14.2 Å². The third-order valence-corrected chi connectivity index (χ3v) is 6.13. The summed E-state index contributed by atoms with van der Waals surface area (Å²) in [6.45, 7) is 0. The first-order valence-corrected chi connectivity index (χ1v) is 10.4. The number of rotatable bonds is 7. The number of aromatic nitrogens is 3. The number of nitrogens with one attached hydrogen (secondary N) is 1. The molecule has 4 aromatic rings. The van der Waals surface area contributed by atoms with Crippen LogP contribution in [0.25, 0.3) is 15.2 Å². The number of para-hydroxylation sites is 1. The average Bonchev–Trinajstić information content (AvgIpc) is 3.30. The zero-order valence-corrected chi connectivity index (χ0v) is 17.6. The number of anilines is 1. The van der Waals surface area contributed by atoms with Crippen LogP contribution in [0, 0.1) is 0 Å². The summed E-state index contributed by atoms with van der Waals surface area (Å²) in [4.78, 5) is 13.3. The van der Waals surface area contributed by atoms with E-state index in [0.29, 0.717) is 28.1 Å². The Hall–Kier alpha value is -2.98. The largest absolute Gasteiger partial charge is 0.493 e. The van der Waals surface area contributed by atoms with Gasteiger partial charge >= 0.3 is 0 Å². The SMILES string of the molecule is COc1cc(NC(=O)CSc2nnc3sc4ccccc4n23)cc(OC)c1OC. The highest BCUT2D eigenvalue weighted by Crippen LogP contribution is 2.40. The quantitative estimate of drug-likeness (QED) is 0.447. The maximum Gasteiger partial charge on any atom is 0.234 e. The third kappa shape index (κ3) is 3.68. The molecule has 0 atom stereocenters. The van der Waals surface area contributed by atoms with E-state index in [1.54, 1.807) is 23.5 Å². The second kappa shape index (κ2) is 8.18. The fraction of sp³-hybridized carbons (Fsp3) is 0.211. The molecule has 0 aliphatic heterocycles. The number of hydrogen-bond donors (Lipinski definition) is 1. The lowest BCUT2D eigenvalue weighted by atomic mass is 10.2.